The molecule has 0 saturated heterocycles. The van der Waals surface area contributed by atoms with Gasteiger partial charge in [0, 0.05) is 18.7 Å². The van der Waals surface area contributed by atoms with Gasteiger partial charge in [-0.1, -0.05) is 24.3 Å². The van der Waals surface area contributed by atoms with E-state index < -0.39 is 10.3 Å². The van der Waals surface area contributed by atoms with E-state index >= 15 is 0 Å². The Kier molecular flexibility index (Phi) is 4.06. The number of carbonyl (C=O) groups excluding carboxylic acids is 1. The number of amides is 1. The van der Waals surface area contributed by atoms with Crippen LogP contribution in [0.5, 0.6) is 5.75 Å². The van der Waals surface area contributed by atoms with Crippen molar-refractivity contribution in [3.05, 3.63) is 65.2 Å². The zero-order valence-electron chi connectivity index (χ0n) is 12.3. The van der Waals surface area contributed by atoms with Crippen LogP contribution in [0.3, 0.4) is 0 Å². The smallest absolute Gasteiger partial charge is 0.371 e. The summed E-state index contributed by atoms with van der Waals surface area (Å²) in [5, 5.41) is 4.88. The lowest BCUT2D eigenvalue weighted by atomic mass is 9.99. The lowest BCUT2D eigenvalue weighted by Gasteiger charge is -2.29. The summed E-state index contributed by atoms with van der Waals surface area (Å²) in [4.78, 5) is 14.2. The summed E-state index contributed by atoms with van der Waals surface area (Å²) in [5.41, 5.74) is 2.57. The van der Waals surface area contributed by atoms with Crippen LogP contribution in [-0.4, -0.2) is 25.8 Å². The molecule has 6 nitrogen and oxygen atoms in total. The van der Waals surface area contributed by atoms with Crippen molar-refractivity contribution in [1.29, 1.82) is 0 Å². The Balaban J connectivity index is 1.82. The molecule has 0 saturated carbocycles. The van der Waals surface area contributed by atoms with E-state index in [-0.39, 0.29) is 11.7 Å². The number of hydrogen-bond acceptors (Lipinski definition) is 4. The van der Waals surface area contributed by atoms with Gasteiger partial charge in [-0.2, -0.15) is 13.6 Å². The van der Waals surface area contributed by atoms with E-state index in [0.717, 1.165) is 11.1 Å². The molecule has 1 heterocycles. The minimum absolute atomic E-state index is 0.0472. The van der Waals surface area contributed by atoms with Crippen LogP contribution in [0.25, 0.3) is 0 Å². The standard InChI is InChI=1S/C16H16N2O4S/c17-23(20,21)22-15-7-6-12-8-9-18(11-14(12)10-15)16(19)13-4-2-1-3-5-13/h1-7,10H,8-9,11H2,(H2,17,20,21). The molecule has 0 fully saturated rings. The largest absolute Gasteiger partial charge is 0.380 e. The highest BCUT2D eigenvalue weighted by Gasteiger charge is 2.22. The summed E-state index contributed by atoms with van der Waals surface area (Å²) in [5.74, 6) is 0.106. The first-order chi connectivity index (χ1) is 10.9. The second kappa shape index (κ2) is 6.02. The fourth-order valence-corrected chi connectivity index (χ4v) is 3.03. The molecule has 0 atom stereocenters. The highest BCUT2D eigenvalue weighted by atomic mass is 32.2. The molecule has 23 heavy (non-hydrogen) atoms. The third-order valence-corrected chi connectivity index (χ3v) is 4.14. The van der Waals surface area contributed by atoms with Crippen LogP contribution in [0.2, 0.25) is 0 Å². The van der Waals surface area contributed by atoms with Gasteiger partial charge in [0.1, 0.15) is 5.75 Å². The van der Waals surface area contributed by atoms with Gasteiger partial charge in [0.05, 0.1) is 0 Å². The molecule has 1 amide bonds. The first-order valence-electron chi connectivity index (χ1n) is 7.11. The van der Waals surface area contributed by atoms with E-state index in [1.54, 1.807) is 35.2 Å². The van der Waals surface area contributed by atoms with Crippen molar-refractivity contribution in [1.82, 2.24) is 4.90 Å². The molecular formula is C16H16N2O4S. The third kappa shape index (κ3) is 3.69. The fourth-order valence-electron chi connectivity index (χ4n) is 2.66. The highest BCUT2D eigenvalue weighted by molar-refractivity contribution is 7.84. The molecule has 0 spiro atoms. The number of nitrogens with zero attached hydrogens (tertiary/aromatic N) is 1. The minimum atomic E-state index is -4.06. The summed E-state index contributed by atoms with van der Waals surface area (Å²) >= 11 is 0. The van der Waals surface area contributed by atoms with Crippen LogP contribution in [0.1, 0.15) is 21.5 Å². The van der Waals surface area contributed by atoms with E-state index in [9.17, 15) is 13.2 Å². The molecule has 0 unspecified atom stereocenters. The zero-order chi connectivity index (χ0) is 16.4. The lowest BCUT2D eigenvalue weighted by Crippen LogP contribution is -2.36. The van der Waals surface area contributed by atoms with Crippen LogP contribution in [0.4, 0.5) is 0 Å². The monoisotopic (exact) mass is 332 g/mol. The van der Waals surface area contributed by atoms with Crippen molar-refractivity contribution < 1.29 is 17.4 Å². The van der Waals surface area contributed by atoms with Gasteiger partial charge in [-0.05, 0) is 41.8 Å². The molecule has 120 valence electrons. The topological polar surface area (TPSA) is 89.7 Å². The first-order valence-corrected chi connectivity index (χ1v) is 8.58. The molecule has 1 aliphatic heterocycles. The number of hydrogen-bond donors (Lipinski definition) is 1. The number of fused-ring (bicyclic) bond motifs is 1. The van der Waals surface area contributed by atoms with Crippen molar-refractivity contribution in [2.24, 2.45) is 5.14 Å². The molecule has 2 aromatic carbocycles. The summed E-state index contributed by atoms with van der Waals surface area (Å²) < 4.78 is 26.7. The summed E-state index contributed by atoms with van der Waals surface area (Å²) in [7, 11) is -4.06. The predicted octanol–water partition coefficient (Wildman–Crippen LogP) is 1.47. The second-order valence-electron chi connectivity index (χ2n) is 5.35. The third-order valence-electron chi connectivity index (χ3n) is 3.71. The Labute approximate surface area is 134 Å². The number of carbonyl (C=O) groups is 1. The number of benzene rings is 2. The van der Waals surface area contributed by atoms with Crippen LogP contribution in [-0.2, 0) is 23.3 Å². The molecule has 2 N–H and O–H groups in total. The molecule has 0 aliphatic carbocycles. The SMILES string of the molecule is NS(=O)(=O)Oc1ccc2c(c1)CN(C(=O)c1ccccc1)CC2. The first kappa shape index (κ1) is 15.5. The Morgan fingerprint density at radius 2 is 1.83 bits per heavy atom. The molecule has 2 aromatic rings. The average Bonchev–Trinajstić information content (AvgIpc) is 2.53. The molecule has 7 heteroatoms. The van der Waals surface area contributed by atoms with Gasteiger partial charge in [-0.25, -0.2) is 0 Å². The van der Waals surface area contributed by atoms with E-state index in [0.29, 0.717) is 25.1 Å². The quantitative estimate of drug-likeness (QED) is 0.921. The van der Waals surface area contributed by atoms with Gasteiger partial charge in [0.2, 0.25) is 0 Å². The molecule has 1 aliphatic rings. The van der Waals surface area contributed by atoms with Gasteiger partial charge < -0.3 is 9.08 Å². The lowest BCUT2D eigenvalue weighted by molar-refractivity contribution is 0.0734. The maximum Gasteiger partial charge on any atom is 0.380 e. The van der Waals surface area contributed by atoms with Crippen LogP contribution in [0, 0.1) is 0 Å². The molecular weight excluding hydrogens is 316 g/mol. The fraction of sp³-hybridized carbons (Fsp3) is 0.188. The van der Waals surface area contributed by atoms with Gasteiger partial charge in [-0.15, -0.1) is 0 Å². The van der Waals surface area contributed by atoms with Gasteiger partial charge in [-0.3, -0.25) is 4.79 Å². The van der Waals surface area contributed by atoms with Gasteiger partial charge in [0.15, 0.2) is 0 Å². The Hall–Kier alpha value is -2.38. The Morgan fingerprint density at radius 1 is 1.09 bits per heavy atom. The van der Waals surface area contributed by atoms with Crippen molar-refractivity contribution >= 4 is 16.2 Å². The van der Waals surface area contributed by atoms with E-state index in [4.69, 9.17) is 9.32 Å². The van der Waals surface area contributed by atoms with E-state index in [1.165, 1.54) is 0 Å². The van der Waals surface area contributed by atoms with E-state index in [2.05, 4.69) is 0 Å². The molecule has 0 radical (unpaired) electrons. The second-order valence-corrected chi connectivity index (χ2v) is 6.50. The number of rotatable bonds is 3. The van der Waals surface area contributed by atoms with Gasteiger partial charge in [0.25, 0.3) is 5.91 Å². The van der Waals surface area contributed by atoms with Crippen molar-refractivity contribution in [3.63, 3.8) is 0 Å². The van der Waals surface area contributed by atoms with Crippen molar-refractivity contribution in [2.75, 3.05) is 6.54 Å². The van der Waals surface area contributed by atoms with Crippen LogP contribution < -0.4 is 9.32 Å². The normalized spacial score (nSPS) is 14.2. The average molecular weight is 332 g/mol. The molecule has 3 rings (SSSR count). The molecule has 0 bridgehead atoms. The zero-order valence-corrected chi connectivity index (χ0v) is 13.1. The Bertz CT molecular complexity index is 834. The van der Waals surface area contributed by atoms with Crippen LogP contribution >= 0.6 is 0 Å². The van der Waals surface area contributed by atoms with Crippen molar-refractivity contribution in [3.8, 4) is 5.75 Å². The summed E-state index contributed by atoms with van der Waals surface area (Å²) in [6.45, 7) is 1.03. The maximum absolute atomic E-state index is 12.5. The highest BCUT2D eigenvalue weighted by Crippen LogP contribution is 2.25. The van der Waals surface area contributed by atoms with Gasteiger partial charge >= 0.3 is 10.3 Å². The minimum Gasteiger partial charge on any atom is -0.371 e. The number of nitrogens with two attached hydrogens (primary N) is 1. The van der Waals surface area contributed by atoms with Crippen LogP contribution in [0.15, 0.2) is 48.5 Å². The predicted molar refractivity (Wildman–Crippen MR) is 85.1 cm³/mol. The summed E-state index contributed by atoms with van der Waals surface area (Å²) in [6, 6.07) is 14.0. The molecule has 0 aromatic heterocycles. The van der Waals surface area contributed by atoms with Crippen molar-refractivity contribution in [2.45, 2.75) is 13.0 Å². The summed E-state index contributed by atoms with van der Waals surface area (Å²) in [6.07, 6.45) is 0.712. The Morgan fingerprint density at radius 3 is 2.52 bits per heavy atom. The maximum atomic E-state index is 12.5. The van der Waals surface area contributed by atoms with E-state index in [1.807, 2.05) is 18.2 Å².